The fourth-order valence-corrected chi connectivity index (χ4v) is 5.16. The van der Waals surface area contributed by atoms with Gasteiger partial charge in [0.15, 0.2) is 0 Å². The molecule has 1 aliphatic heterocycles. The van der Waals surface area contributed by atoms with E-state index in [-0.39, 0.29) is 18.0 Å². The highest BCUT2D eigenvalue weighted by atomic mass is 32.2. The lowest BCUT2D eigenvalue weighted by molar-refractivity contribution is 0.342. The number of rotatable bonds is 4. The summed E-state index contributed by atoms with van der Waals surface area (Å²) in [6, 6.07) is 6.43. The van der Waals surface area contributed by atoms with Gasteiger partial charge in [-0.25, -0.2) is 16.8 Å². The number of ether oxygens (including phenoxy) is 1. The first kappa shape index (κ1) is 16.3. The third kappa shape index (κ3) is 3.38. The molecule has 0 unspecified atom stereocenters. The maximum atomic E-state index is 12.6. The molecule has 1 fully saturated rings. The molecule has 21 heavy (non-hydrogen) atoms. The van der Waals surface area contributed by atoms with E-state index in [0.717, 1.165) is 0 Å². The van der Waals surface area contributed by atoms with Crippen LogP contribution in [0.5, 0.6) is 5.75 Å². The fourth-order valence-electron chi connectivity index (χ4n) is 2.47. The van der Waals surface area contributed by atoms with Crippen molar-refractivity contribution in [3.05, 3.63) is 24.3 Å². The van der Waals surface area contributed by atoms with Crippen LogP contribution in [-0.4, -0.2) is 52.8 Å². The molecule has 1 aromatic rings. The van der Waals surface area contributed by atoms with E-state index in [0.29, 0.717) is 18.6 Å². The molecule has 6 nitrogen and oxygen atoms in total. The second-order valence-electron chi connectivity index (χ2n) is 5.08. The van der Waals surface area contributed by atoms with Crippen LogP contribution >= 0.6 is 0 Å². The molecule has 1 aromatic carbocycles. The summed E-state index contributed by atoms with van der Waals surface area (Å²) in [6.45, 7) is 0.413. The smallest absolute Gasteiger partial charge is 0.246 e. The zero-order chi connectivity index (χ0) is 15.7. The molecule has 1 aliphatic rings. The quantitative estimate of drug-likeness (QED) is 0.817. The Labute approximate surface area is 125 Å². The van der Waals surface area contributed by atoms with Crippen molar-refractivity contribution in [2.24, 2.45) is 0 Å². The van der Waals surface area contributed by atoms with Crippen LogP contribution in [0.1, 0.15) is 12.8 Å². The Bertz CT molecular complexity index is 704. The van der Waals surface area contributed by atoms with Crippen molar-refractivity contribution < 1.29 is 21.6 Å². The molecule has 0 spiro atoms. The van der Waals surface area contributed by atoms with Crippen molar-refractivity contribution in [2.45, 2.75) is 23.0 Å². The number of sulfone groups is 1. The van der Waals surface area contributed by atoms with Crippen molar-refractivity contribution in [2.75, 3.05) is 26.5 Å². The van der Waals surface area contributed by atoms with Crippen molar-refractivity contribution >= 4 is 19.9 Å². The predicted molar refractivity (Wildman–Crippen MR) is 79.6 cm³/mol. The maximum absolute atomic E-state index is 12.6. The Morgan fingerprint density at radius 3 is 2.19 bits per heavy atom. The highest BCUT2D eigenvalue weighted by molar-refractivity contribution is 7.91. The summed E-state index contributed by atoms with van der Waals surface area (Å²) in [5.41, 5.74) is 0. The fraction of sp³-hybridized carbons (Fsp3) is 0.538. The van der Waals surface area contributed by atoms with Crippen molar-refractivity contribution in [1.29, 1.82) is 0 Å². The van der Waals surface area contributed by atoms with Gasteiger partial charge in [-0.15, -0.1) is 0 Å². The first-order valence-corrected chi connectivity index (χ1v) is 9.98. The SMILES string of the molecule is COc1ccccc1S(=O)(=O)N1CCC(S(C)(=O)=O)CC1. The monoisotopic (exact) mass is 333 g/mol. The molecule has 1 heterocycles. The van der Waals surface area contributed by atoms with Gasteiger partial charge in [0.2, 0.25) is 10.0 Å². The standard InChI is InChI=1S/C13H19NO5S2/c1-19-12-5-3-4-6-13(12)21(17,18)14-9-7-11(8-10-14)20(2,15)16/h3-6,11H,7-10H2,1-2H3. The van der Waals surface area contributed by atoms with Gasteiger partial charge >= 0.3 is 0 Å². The number of hydrogen-bond acceptors (Lipinski definition) is 5. The molecule has 0 amide bonds. The van der Waals surface area contributed by atoms with E-state index in [1.807, 2.05) is 0 Å². The van der Waals surface area contributed by atoms with Crippen LogP contribution in [0.25, 0.3) is 0 Å². The zero-order valence-electron chi connectivity index (χ0n) is 12.0. The number of piperidine rings is 1. The minimum absolute atomic E-state index is 0.116. The molecule has 0 radical (unpaired) electrons. The van der Waals surface area contributed by atoms with Crippen molar-refractivity contribution in [1.82, 2.24) is 4.31 Å². The third-order valence-electron chi connectivity index (χ3n) is 3.69. The maximum Gasteiger partial charge on any atom is 0.246 e. The predicted octanol–water partition coefficient (Wildman–Crippen LogP) is 0.893. The highest BCUT2D eigenvalue weighted by Crippen LogP contribution is 2.29. The minimum atomic E-state index is -3.66. The van der Waals surface area contributed by atoms with Crippen LogP contribution in [0, 0.1) is 0 Å². The van der Waals surface area contributed by atoms with Gasteiger partial charge in [-0.1, -0.05) is 12.1 Å². The summed E-state index contributed by atoms with van der Waals surface area (Å²) >= 11 is 0. The van der Waals surface area contributed by atoms with Crippen LogP contribution in [0.2, 0.25) is 0 Å². The normalized spacial score (nSPS) is 18.6. The van der Waals surface area contributed by atoms with E-state index >= 15 is 0 Å². The number of hydrogen-bond donors (Lipinski definition) is 0. The Kier molecular flexibility index (Phi) is 4.60. The Balaban J connectivity index is 2.23. The number of para-hydroxylation sites is 1. The van der Waals surface area contributed by atoms with Gasteiger partial charge in [-0.3, -0.25) is 0 Å². The molecule has 0 aliphatic carbocycles. The molecule has 2 rings (SSSR count). The van der Waals surface area contributed by atoms with Crippen molar-refractivity contribution in [3.63, 3.8) is 0 Å². The summed E-state index contributed by atoms with van der Waals surface area (Å²) in [6.07, 6.45) is 1.85. The summed E-state index contributed by atoms with van der Waals surface area (Å²) < 4.78 is 54.7. The minimum Gasteiger partial charge on any atom is -0.495 e. The molecule has 8 heteroatoms. The number of benzene rings is 1. The Hall–Kier alpha value is -1.12. The van der Waals surface area contributed by atoms with E-state index < -0.39 is 25.1 Å². The van der Waals surface area contributed by atoms with Gasteiger partial charge < -0.3 is 4.74 Å². The van der Waals surface area contributed by atoms with Crippen LogP contribution in [-0.2, 0) is 19.9 Å². The Morgan fingerprint density at radius 1 is 1.10 bits per heavy atom. The molecular formula is C13H19NO5S2. The van der Waals surface area contributed by atoms with Crippen LogP contribution < -0.4 is 4.74 Å². The lowest BCUT2D eigenvalue weighted by Crippen LogP contribution is -2.42. The molecule has 0 saturated carbocycles. The van der Waals surface area contributed by atoms with E-state index in [2.05, 4.69) is 0 Å². The third-order valence-corrected chi connectivity index (χ3v) is 7.31. The number of methoxy groups -OCH3 is 1. The second-order valence-corrected chi connectivity index (χ2v) is 9.32. The molecule has 0 bridgehead atoms. The van der Waals surface area contributed by atoms with Crippen LogP contribution in [0.4, 0.5) is 0 Å². The largest absolute Gasteiger partial charge is 0.495 e. The van der Waals surface area contributed by atoms with Crippen LogP contribution in [0.15, 0.2) is 29.2 Å². The van der Waals surface area contributed by atoms with Gasteiger partial charge in [-0.2, -0.15) is 4.31 Å². The summed E-state index contributed by atoms with van der Waals surface area (Å²) in [7, 11) is -5.36. The molecule has 0 aromatic heterocycles. The van der Waals surface area contributed by atoms with Crippen LogP contribution in [0.3, 0.4) is 0 Å². The first-order chi connectivity index (χ1) is 9.76. The molecule has 0 N–H and O–H groups in total. The van der Waals surface area contributed by atoms with Gasteiger partial charge in [-0.05, 0) is 25.0 Å². The molecule has 0 atom stereocenters. The molecular weight excluding hydrogens is 314 g/mol. The Morgan fingerprint density at radius 2 is 1.67 bits per heavy atom. The zero-order valence-corrected chi connectivity index (χ0v) is 13.7. The summed E-state index contributed by atoms with van der Waals surface area (Å²) in [5.74, 6) is 0.294. The van der Waals surface area contributed by atoms with Gasteiger partial charge in [0.25, 0.3) is 0 Å². The summed E-state index contributed by atoms with van der Waals surface area (Å²) in [5, 5.41) is -0.457. The van der Waals surface area contributed by atoms with Gasteiger partial charge in [0, 0.05) is 19.3 Å². The highest BCUT2D eigenvalue weighted by Gasteiger charge is 2.34. The molecule has 118 valence electrons. The lowest BCUT2D eigenvalue weighted by Gasteiger charge is -2.30. The van der Waals surface area contributed by atoms with E-state index in [4.69, 9.17) is 4.74 Å². The van der Waals surface area contributed by atoms with Gasteiger partial charge in [0.05, 0.1) is 12.4 Å². The number of nitrogens with zero attached hydrogens (tertiary/aromatic N) is 1. The second kappa shape index (κ2) is 5.94. The average molecular weight is 333 g/mol. The van der Waals surface area contributed by atoms with E-state index in [1.165, 1.54) is 23.7 Å². The van der Waals surface area contributed by atoms with Crippen molar-refractivity contribution in [3.8, 4) is 5.75 Å². The van der Waals surface area contributed by atoms with Gasteiger partial charge in [0.1, 0.15) is 20.5 Å². The first-order valence-electron chi connectivity index (χ1n) is 6.59. The number of sulfonamides is 1. The average Bonchev–Trinajstić information content (AvgIpc) is 2.46. The molecule has 1 saturated heterocycles. The lowest BCUT2D eigenvalue weighted by atomic mass is 10.2. The summed E-state index contributed by atoms with van der Waals surface area (Å²) in [4.78, 5) is 0.116. The van der Waals surface area contributed by atoms with E-state index in [1.54, 1.807) is 18.2 Å². The van der Waals surface area contributed by atoms with E-state index in [9.17, 15) is 16.8 Å². The topological polar surface area (TPSA) is 80.8 Å².